The molecule has 0 saturated carbocycles. The number of piperazine rings is 1. The highest BCUT2D eigenvalue weighted by atomic mass is 16.5. The van der Waals surface area contributed by atoms with Crippen molar-refractivity contribution in [3.8, 4) is 5.75 Å². The molecule has 3 heterocycles. The van der Waals surface area contributed by atoms with Crippen LogP contribution < -0.4 is 15.0 Å². The van der Waals surface area contributed by atoms with Gasteiger partial charge in [-0.05, 0) is 42.8 Å². The quantitative estimate of drug-likeness (QED) is 0.458. The summed E-state index contributed by atoms with van der Waals surface area (Å²) in [6, 6.07) is 17.7. The van der Waals surface area contributed by atoms with Crippen LogP contribution in [-0.4, -0.2) is 59.0 Å². The smallest absolute Gasteiger partial charge is 0.227 e. The predicted octanol–water partition coefficient (Wildman–Crippen LogP) is 3.91. The number of rotatable bonds is 6. The standard InChI is InChI=1S/C26H28N6O2/c1-18-15-24(29-20-7-9-21(34-2)10-8-20)30-26(28-18)32-13-11-31(12-14-32)25(33)16-19-17-27-23-6-4-3-5-22(19)23/h3-10,15,17,27H,11-14,16H2,1-2H3,(H,28,29,30). The first-order chi connectivity index (χ1) is 16.6. The molecule has 2 N–H and O–H groups in total. The van der Waals surface area contributed by atoms with Crippen molar-refractivity contribution in [3.05, 3.63) is 72.1 Å². The summed E-state index contributed by atoms with van der Waals surface area (Å²) in [5.41, 5.74) is 3.92. The maximum Gasteiger partial charge on any atom is 0.227 e. The van der Waals surface area contributed by atoms with Crippen LogP contribution in [0.15, 0.2) is 60.8 Å². The zero-order chi connectivity index (χ0) is 23.5. The highest BCUT2D eigenvalue weighted by Gasteiger charge is 2.23. The van der Waals surface area contributed by atoms with E-state index in [1.807, 2.05) is 66.6 Å². The van der Waals surface area contributed by atoms with Crippen LogP contribution in [0, 0.1) is 6.92 Å². The van der Waals surface area contributed by atoms with Crippen molar-refractivity contribution in [2.45, 2.75) is 13.3 Å². The Morgan fingerprint density at radius 1 is 1.06 bits per heavy atom. The number of aryl methyl sites for hydroxylation is 1. The normalized spacial score (nSPS) is 13.8. The average Bonchev–Trinajstić information content (AvgIpc) is 3.27. The molecule has 1 saturated heterocycles. The van der Waals surface area contributed by atoms with Gasteiger partial charge in [-0.15, -0.1) is 0 Å². The van der Waals surface area contributed by atoms with Gasteiger partial charge in [-0.25, -0.2) is 4.98 Å². The first-order valence-corrected chi connectivity index (χ1v) is 11.4. The lowest BCUT2D eigenvalue weighted by molar-refractivity contribution is -0.130. The summed E-state index contributed by atoms with van der Waals surface area (Å²) in [5.74, 6) is 2.38. The minimum atomic E-state index is 0.149. The van der Waals surface area contributed by atoms with Crippen LogP contribution in [0.3, 0.4) is 0 Å². The van der Waals surface area contributed by atoms with Gasteiger partial charge in [-0.3, -0.25) is 4.79 Å². The summed E-state index contributed by atoms with van der Waals surface area (Å²) < 4.78 is 5.22. The van der Waals surface area contributed by atoms with Gasteiger partial charge in [-0.2, -0.15) is 4.98 Å². The second-order valence-electron chi connectivity index (χ2n) is 8.45. The number of amides is 1. The number of anilines is 3. The molecule has 1 fully saturated rings. The van der Waals surface area contributed by atoms with E-state index in [1.54, 1.807) is 7.11 Å². The van der Waals surface area contributed by atoms with Crippen molar-refractivity contribution in [3.63, 3.8) is 0 Å². The van der Waals surface area contributed by atoms with Crippen LogP contribution in [0.4, 0.5) is 17.5 Å². The number of carbonyl (C=O) groups is 1. The van der Waals surface area contributed by atoms with E-state index in [0.717, 1.165) is 39.4 Å². The number of fused-ring (bicyclic) bond motifs is 1. The van der Waals surface area contributed by atoms with E-state index >= 15 is 0 Å². The van der Waals surface area contributed by atoms with Gasteiger partial charge in [0.25, 0.3) is 0 Å². The summed E-state index contributed by atoms with van der Waals surface area (Å²) in [6.45, 7) is 4.67. The minimum Gasteiger partial charge on any atom is -0.497 e. The van der Waals surface area contributed by atoms with Gasteiger partial charge in [0.05, 0.1) is 13.5 Å². The monoisotopic (exact) mass is 456 g/mol. The summed E-state index contributed by atoms with van der Waals surface area (Å²) >= 11 is 0. The van der Waals surface area contributed by atoms with Gasteiger partial charge < -0.3 is 24.8 Å². The molecule has 8 heteroatoms. The molecule has 174 valence electrons. The molecule has 0 atom stereocenters. The van der Waals surface area contributed by atoms with E-state index in [9.17, 15) is 4.79 Å². The Kier molecular flexibility index (Phi) is 6.03. The number of H-pyrrole nitrogens is 1. The van der Waals surface area contributed by atoms with Crippen LogP contribution in [0.2, 0.25) is 0 Å². The SMILES string of the molecule is COc1ccc(Nc2cc(C)nc(N3CCN(C(=O)Cc4c[nH]c5ccccc45)CC3)n2)cc1. The largest absolute Gasteiger partial charge is 0.497 e. The summed E-state index contributed by atoms with van der Waals surface area (Å²) in [5, 5.41) is 4.45. The molecule has 8 nitrogen and oxygen atoms in total. The molecule has 34 heavy (non-hydrogen) atoms. The Morgan fingerprint density at radius 3 is 2.59 bits per heavy atom. The number of para-hydroxylation sites is 1. The van der Waals surface area contributed by atoms with Gasteiger partial charge in [0.2, 0.25) is 11.9 Å². The maximum absolute atomic E-state index is 13.0. The molecule has 1 amide bonds. The summed E-state index contributed by atoms with van der Waals surface area (Å²) in [7, 11) is 1.65. The first-order valence-electron chi connectivity index (χ1n) is 11.4. The Morgan fingerprint density at radius 2 is 1.82 bits per heavy atom. The number of hydrogen-bond acceptors (Lipinski definition) is 6. The van der Waals surface area contributed by atoms with Gasteiger partial charge in [-0.1, -0.05) is 18.2 Å². The van der Waals surface area contributed by atoms with Crippen LogP contribution >= 0.6 is 0 Å². The number of methoxy groups -OCH3 is 1. The third-order valence-corrected chi connectivity index (χ3v) is 6.14. The fraction of sp³-hybridized carbons (Fsp3) is 0.269. The molecule has 1 aliphatic heterocycles. The lowest BCUT2D eigenvalue weighted by Crippen LogP contribution is -2.49. The van der Waals surface area contributed by atoms with E-state index < -0.39 is 0 Å². The average molecular weight is 457 g/mol. The van der Waals surface area contributed by atoms with E-state index in [2.05, 4.69) is 26.3 Å². The van der Waals surface area contributed by atoms with Crippen molar-refractivity contribution in [1.29, 1.82) is 0 Å². The second kappa shape index (κ2) is 9.43. The van der Waals surface area contributed by atoms with Crippen LogP contribution in [0.1, 0.15) is 11.3 Å². The second-order valence-corrected chi connectivity index (χ2v) is 8.45. The van der Waals surface area contributed by atoms with Gasteiger partial charge >= 0.3 is 0 Å². The Balaban J connectivity index is 1.22. The number of carbonyl (C=O) groups excluding carboxylic acids is 1. The lowest BCUT2D eigenvalue weighted by Gasteiger charge is -2.35. The third-order valence-electron chi connectivity index (χ3n) is 6.14. The Labute approximate surface area is 198 Å². The van der Waals surface area contributed by atoms with Crippen molar-refractivity contribution < 1.29 is 9.53 Å². The summed E-state index contributed by atoms with van der Waals surface area (Å²) in [4.78, 5) is 29.6. The van der Waals surface area contributed by atoms with E-state index in [4.69, 9.17) is 9.72 Å². The molecule has 0 bridgehead atoms. The number of nitrogens with one attached hydrogen (secondary N) is 2. The van der Waals surface area contributed by atoms with Crippen molar-refractivity contribution >= 4 is 34.3 Å². The molecule has 5 rings (SSSR count). The molecule has 1 aliphatic rings. The predicted molar refractivity (Wildman–Crippen MR) is 134 cm³/mol. The van der Waals surface area contributed by atoms with E-state index in [1.165, 1.54) is 0 Å². The van der Waals surface area contributed by atoms with Crippen LogP contribution in [0.5, 0.6) is 5.75 Å². The van der Waals surface area contributed by atoms with E-state index in [0.29, 0.717) is 38.5 Å². The molecule has 4 aromatic rings. The highest BCUT2D eigenvalue weighted by molar-refractivity contribution is 5.89. The molecule has 0 aliphatic carbocycles. The molecule has 0 spiro atoms. The van der Waals surface area contributed by atoms with Gasteiger partial charge in [0.1, 0.15) is 11.6 Å². The zero-order valence-corrected chi connectivity index (χ0v) is 19.4. The van der Waals surface area contributed by atoms with Gasteiger partial charge in [0.15, 0.2) is 0 Å². The molecule has 0 radical (unpaired) electrons. The summed E-state index contributed by atoms with van der Waals surface area (Å²) in [6.07, 6.45) is 2.34. The Bertz CT molecular complexity index is 1290. The number of hydrogen-bond donors (Lipinski definition) is 2. The maximum atomic E-state index is 13.0. The zero-order valence-electron chi connectivity index (χ0n) is 19.4. The van der Waals surface area contributed by atoms with Crippen molar-refractivity contribution in [1.82, 2.24) is 19.9 Å². The topological polar surface area (TPSA) is 86.4 Å². The molecule has 2 aromatic carbocycles. The third kappa shape index (κ3) is 4.66. The number of aromatic nitrogens is 3. The fourth-order valence-electron chi connectivity index (χ4n) is 4.29. The molecular weight excluding hydrogens is 428 g/mol. The molecule has 2 aromatic heterocycles. The van der Waals surface area contributed by atoms with Gasteiger partial charge in [0, 0.05) is 60.7 Å². The Hall–Kier alpha value is -4.07. The number of nitrogens with zero attached hydrogens (tertiary/aromatic N) is 4. The van der Waals surface area contributed by atoms with Crippen LogP contribution in [0.25, 0.3) is 10.9 Å². The van der Waals surface area contributed by atoms with Crippen molar-refractivity contribution in [2.24, 2.45) is 0 Å². The number of benzene rings is 2. The first kappa shape index (κ1) is 21.8. The van der Waals surface area contributed by atoms with Crippen LogP contribution in [-0.2, 0) is 11.2 Å². The van der Waals surface area contributed by atoms with Crippen molar-refractivity contribution in [2.75, 3.05) is 43.5 Å². The highest BCUT2D eigenvalue weighted by Crippen LogP contribution is 2.22. The fourth-order valence-corrected chi connectivity index (χ4v) is 4.29. The number of ether oxygens (including phenoxy) is 1. The molecule has 0 unspecified atom stereocenters. The lowest BCUT2D eigenvalue weighted by atomic mass is 10.1. The molecular formula is C26H28N6O2. The van der Waals surface area contributed by atoms with E-state index in [-0.39, 0.29) is 5.91 Å². The number of aromatic amines is 1. The minimum absolute atomic E-state index is 0.149.